The topological polar surface area (TPSA) is 63.4 Å². The SMILES string of the molecule is CCCN(C1CC1)S(=O)(=O)c1ccc(F)cc1C#CCN. The third-order valence-electron chi connectivity index (χ3n) is 3.25. The maximum absolute atomic E-state index is 13.4. The number of sulfonamides is 1. The van der Waals surface area contributed by atoms with E-state index in [-0.39, 0.29) is 23.0 Å². The van der Waals surface area contributed by atoms with Crippen molar-refractivity contribution in [3.63, 3.8) is 0 Å². The molecule has 114 valence electrons. The predicted octanol–water partition coefficient (Wildman–Crippen LogP) is 1.70. The van der Waals surface area contributed by atoms with Crippen LogP contribution in [0.5, 0.6) is 0 Å². The van der Waals surface area contributed by atoms with Crippen molar-refractivity contribution in [1.82, 2.24) is 4.31 Å². The van der Waals surface area contributed by atoms with Gasteiger partial charge in [0, 0.05) is 18.2 Å². The zero-order chi connectivity index (χ0) is 15.5. The molecule has 6 heteroatoms. The minimum Gasteiger partial charge on any atom is -0.320 e. The first kappa shape index (κ1) is 16.0. The van der Waals surface area contributed by atoms with Crippen LogP contribution in [0.2, 0.25) is 0 Å². The van der Waals surface area contributed by atoms with Crippen LogP contribution in [0.15, 0.2) is 23.1 Å². The van der Waals surface area contributed by atoms with Crippen molar-refractivity contribution in [2.24, 2.45) is 5.73 Å². The Morgan fingerprint density at radius 3 is 2.71 bits per heavy atom. The average molecular weight is 310 g/mol. The van der Waals surface area contributed by atoms with Crippen LogP contribution in [0.1, 0.15) is 31.7 Å². The van der Waals surface area contributed by atoms with Crippen LogP contribution < -0.4 is 5.73 Å². The van der Waals surface area contributed by atoms with Crippen molar-refractivity contribution >= 4 is 10.0 Å². The van der Waals surface area contributed by atoms with Crippen molar-refractivity contribution in [2.45, 2.75) is 37.1 Å². The molecular formula is C15H19FN2O2S. The van der Waals surface area contributed by atoms with Crippen LogP contribution in [0.4, 0.5) is 4.39 Å². The van der Waals surface area contributed by atoms with E-state index in [1.165, 1.54) is 10.4 Å². The maximum atomic E-state index is 13.4. The summed E-state index contributed by atoms with van der Waals surface area (Å²) in [4.78, 5) is 0.0604. The lowest BCUT2D eigenvalue weighted by Crippen LogP contribution is -2.34. The van der Waals surface area contributed by atoms with Gasteiger partial charge in [-0.25, -0.2) is 12.8 Å². The zero-order valence-corrected chi connectivity index (χ0v) is 12.8. The summed E-state index contributed by atoms with van der Waals surface area (Å²) in [5, 5.41) is 0. The molecule has 2 rings (SSSR count). The molecule has 0 aliphatic heterocycles. The summed E-state index contributed by atoms with van der Waals surface area (Å²) in [6.07, 6.45) is 2.50. The van der Waals surface area contributed by atoms with Crippen molar-refractivity contribution in [1.29, 1.82) is 0 Å². The largest absolute Gasteiger partial charge is 0.320 e. The molecule has 1 aliphatic rings. The Hall–Kier alpha value is -1.42. The van der Waals surface area contributed by atoms with Gasteiger partial charge in [0.1, 0.15) is 5.82 Å². The van der Waals surface area contributed by atoms with E-state index in [0.717, 1.165) is 31.4 Å². The Balaban J connectivity index is 2.47. The van der Waals surface area contributed by atoms with E-state index >= 15 is 0 Å². The standard InChI is InChI=1S/C15H19FN2O2S/c1-2-10-18(14-6-7-14)21(19,20)15-8-5-13(16)11-12(15)4-3-9-17/h5,8,11,14H,2,6-7,9-10,17H2,1H3. The fourth-order valence-corrected chi connectivity index (χ4v) is 4.09. The molecular weight excluding hydrogens is 291 g/mol. The third-order valence-corrected chi connectivity index (χ3v) is 5.26. The summed E-state index contributed by atoms with van der Waals surface area (Å²) in [6.45, 7) is 2.50. The van der Waals surface area contributed by atoms with Crippen LogP contribution in [0.25, 0.3) is 0 Å². The Kier molecular flexibility index (Phi) is 4.99. The highest BCUT2D eigenvalue weighted by Gasteiger charge is 2.38. The summed E-state index contributed by atoms with van der Waals surface area (Å²) < 4.78 is 40.5. The second-order valence-electron chi connectivity index (χ2n) is 4.99. The molecule has 0 spiro atoms. The molecule has 0 unspecified atom stereocenters. The first-order valence-electron chi connectivity index (χ1n) is 7.01. The van der Waals surface area contributed by atoms with Gasteiger partial charge in [0.25, 0.3) is 0 Å². The summed E-state index contributed by atoms with van der Waals surface area (Å²) in [5.41, 5.74) is 5.48. The van der Waals surface area contributed by atoms with Gasteiger partial charge in [0.2, 0.25) is 10.0 Å². The van der Waals surface area contributed by atoms with Gasteiger partial charge < -0.3 is 5.73 Å². The monoisotopic (exact) mass is 310 g/mol. The van der Waals surface area contributed by atoms with E-state index in [9.17, 15) is 12.8 Å². The molecule has 4 nitrogen and oxygen atoms in total. The molecule has 1 saturated carbocycles. The lowest BCUT2D eigenvalue weighted by atomic mass is 10.2. The molecule has 0 atom stereocenters. The Labute approximate surface area is 125 Å². The number of hydrogen-bond donors (Lipinski definition) is 1. The quantitative estimate of drug-likeness (QED) is 0.842. The molecule has 1 aliphatic carbocycles. The van der Waals surface area contributed by atoms with Crippen molar-refractivity contribution < 1.29 is 12.8 Å². The van der Waals surface area contributed by atoms with Gasteiger partial charge in [-0.1, -0.05) is 18.8 Å². The van der Waals surface area contributed by atoms with Crippen molar-refractivity contribution in [3.8, 4) is 11.8 Å². The molecule has 0 saturated heterocycles. The number of benzene rings is 1. The highest BCUT2D eigenvalue weighted by atomic mass is 32.2. The first-order valence-corrected chi connectivity index (χ1v) is 8.45. The lowest BCUT2D eigenvalue weighted by molar-refractivity contribution is 0.403. The summed E-state index contributed by atoms with van der Waals surface area (Å²) in [6, 6.07) is 3.65. The normalized spacial score (nSPS) is 14.9. The predicted molar refractivity (Wildman–Crippen MR) is 79.5 cm³/mol. The number of halogens is 1. The fraction of sp³-hybridized carbons (Fsp3) is 0.467. The summed E-state index contributed by atoms with van der Waals surface area (Å²) in [5.74, 6) is 4.73. The second kappa shape index (κ2) is 6.56. The van der Waals surface area contributed by atoms with Crippen LogP contribution in [0, 0.1) is 17.7 Å². The Morgan fingerprint density at radius 1 is 1.43 bits per heavy atom. The molecule has 0 amide bonds. The maximum Gasteiger partial charge on any atom is 0.244 e. The average Bonchev–Trinajstić information content (AvgIpc) is 3.26. The van der Waals surface area contributed by atoms with E-state index in [1.54, 1.807) is 0 Å². The molecule has 0 radical (unpaired) electrons. The lowest BCUT2D eigenvalue weighted by Gasteiger charge is -2.22. The first-order chi connectivity index (χ1) is 10.0. The Bertz CT molecular complexity index is 673. The minimum atomic E-state index is -3.65. The summed E-state index contributed by atoms with van der Waals surface area (Å²) >= 11 is 0. The Morgan fingerprint density at radius 2 is 2.14 bits per heavy atom. The van der Waals surface area contributed by atoms with Gasteiger partial charge >= 0.3 is 0 Å². The molecule has 0 bridgehead atoms. The molecule has 1 fully saturated rings. The molecule has 1 aromatic rings. The van der Waals surface area contributed by atoms with E-state index in [4.69, 9.17) is 5.73 Å². The molecule has 2 N–H and O–H groups in total. The second-order valence-corrected chi connectivity index (χ2v) is 6.85. The van der Waals surface area contributed by atoms with Gasteiger partial charge in [-0.15, -0.1) is 0 Å². The van der Waals surface area contributed by atoms with Gasteiger partial charge in [-0.3, -0.25) is 0 Å². The van der Waals surface area contributed by atoms with Crippen molar-refractivity contribution in [2.75, 3.05) is 13.1 Å². The van der Waals surface area contributed by atoms with Gasteiger partial charge in [-0.05, 0) is 37.5 Å². The molecule has 0 heterocycles. The van der Waals surface area contributed by atoms with Crippen LogP contribution >= 0.6 is 0 Å². The zero-order valence-electron chi connectivity index (χ0n) is 12.0. The highest BCUT2D eigenvalue weighted by Crippen LogP contribution is 2.33. The van der Waals surface area contributed by atoms with Gasteiger partial charge in [0.15, 0.2) is 0 Å². The highest BCUT2D eigenvalue weighted by molar-refractivity contribution is 7.89. The smallest absolute Gasteiger partial charge is 0.244 e. The molecule has 1 aromatic carbocycles. The molecule has 21 heavy (non-hydrogen) atoms. The number of rotatable bonds is 5. The summed E-state index contributed by atoms with van der Waals surface area (Å²) in [7, 11) is -3.65. The van der Waals surface area contributed by atoms with Crippen molar-refractivity contribution in [3.05, 3.63) is 29.6 Å². The minimum absolute atomic E-state index is 0.0604. The third kappa shape index (κ3) is 3.62. The molecule has 0 aromatic heterocycles. The van der Waals surface area contributed by atoms with Gasteiger partial charge in [0.05, 0.1) is 11.4 Å². The van der Waals surface area contributed by atoms with E-state index in [2.05, 4.69) is 11.8 Å². The number of nitrogens with two attached hydrogens (primary N) is 1. The van der Waals surface area contributed by atoms with Crippen LogP contribution in [0.3, 0.4) is 0 Å². The fourth-order valence-electron chi connectivity index (χ4n) is 2.18. The van der Waals surface area contributed by atoms with Gasteiger partial charge in [-0.2, -0.15) is 4.31 Å². The van der Waals surface area contributed by atoms with Crippen LogP contribution in [-0.2, 0) is 10.0 Å². The van der Waals surface area contributed by atoms with E-state index in [1.807, 2.05) is 6.92 Å². The van der Waals surface area contributed by atoms with Crippen LogP contribution in [-0.4, -0.2) is 31.9 Å². The van der Waals surface area contributed by atoms with E-state index < -0.39 is 15.8 Å². The number of hydrogen-bond acceptors (Lipinski definition) is 3. The number of nitrogens with zero attached hydrogens (tertiary/aromatic N) is 1. The van der Waals surface area contributed by atoms with E-state index in [0.29, 0.717) is 6.54 Å².